The van der Waals surface area contributed by atoms with E-state index in [-0.39, 0.29) is 5.57 Å². The molecule has 0 aliphatic carbocycles. The number of carbonyl (C=O) groups excluding carboxylic acids is 2. The van der Waals surface area contributed by atoms with Crippen molar-refractivity contribution in [2.24, 2.45) is 0 Å². The van der Waals surface area contributed by atoms with E-state index in [1.165, 1.54) is 24.3 Å². The van der Waals surface area contributed by atoms with Crippen molar-refractivity contribution in [2.75, 3.05) is 10.6 Å². The first-order chi connectivity index (χ1) is 10.8. The van der Waals surface area contributed by atoms with Gasteiger partial charge in [-0.15, -0.1) is 0 Å². The van der Waals surface area contributed by atoms with E-state index < -0.39 is 30.2 Å². The van der Waals surface area contributed by atoms with E-state index in [2.05, 4.69) is 17.2 Å². The van der Waals surface area contributed by atoms with Crippen LogP contribution in [0, 0.1) is 0 Å². The summed E-state index contributed by atoms with van der Waals surface area (Å²) in [5.74, 6) is -3.62. The molecule has 0 aromatic heterocycles. The smallest absolute Gasteiger partial charge is 0.328 e. The molecular weight excluding hydrogens is 304 g/mol. The van der Waals surface area contributed by atoms with Gasteiger partial charge in [-0.25, -0.2) is 4.79 Å². The number of carboxylic acid groups (broad SMARTS) is 2. The summed E-state index contributed by atoms with van der Waals surface area (Å²) in [5, 5.41) is 21.9. The molecule has 1 aromatic rings. The molecule has 0 spiro atoms. The van der Waals surface area contributed by atoms with Crippen molar-refractivity contribution in [3.05, 3.63) is 48.6 Å². The van der Waals surface area contributed by atoms with E-state index in [9.17, 15) is 19.2 Å². The first kappa shape index (κ1) is 17.6. The minimum atomic E-state index is -1.24. The second kappa shape index (κ2) is 8.13. The fourth-order valence-corrected chi connectivity index (χ4v) is 1.45. The van der Waals surface area contributed by atoms with Crippen LogP contribution in [0.25, 0.3) is 0 Å². The Morgan fingerprint density at radius 2 is 1.48 bits per heavy atom. The first-order valence-corrected chi connectivity index (χ1v) is 6.31. The van der Waals surface area contributed by atoms with Gasteiger partial charge in [0.25, 0.3) is 5.91 Å². The van der Waals surface area contributed by atoms with Gasteiger partial charge in [-0.3, -0.25) is 14.4 Å². The highest BCUT2D eigenvalue weighted by atomic mass is 16.4. The maximum Gasteiger partial charge on any atom is 0.328 e. The third-order valence-electron chi connectivity index (χ3n) is 2.47. The maximum atomic E-state index is 11.7. The Balaban J connectivity index is 2.61. The fraction of sp³-hybridized carbons (Fsp3) is 0.0667. The summed E-state index contributed by atoms with van der Waals surface area (Å²) in [4.78, 5) is 43.8. The predicted molar refractivity (Wildman–Crippen MR) is 81.9 cm³/mol. The van der Waals surface area contributed by atoms with Crippen molar-refractivity contribution in [3.8, 4) is 0 Å². The van der Waals surface area contributed by atoms with Crippen molar-refractivity contribution in [1.82, 2.24) is 0 Å². The molecule has 0 aliphatic rings. The molecule has 0 bridgehead atoms. The van der Waals surface area contributed by atoms with Crippen molar-refractivity contribution < 1.29 is 29.4 Å². The molecule has 0 radical (unpaired) electrons. The van der Waals surface area contributed by atoms with Crippen LogP contribution < -0.4 is 10.6 Å². The number of benzene rings is 1. The van der Waals surface area contributed by atoms with Crippen LogP contribution in [0.5, 0.6) is 0 Å². The fourth-order valence-electron chi connectivity index (χ4n) is 1.45. The normalized spacial score (nSPS) is 10.1. The first-order valence-electron chi connectivity index (χ1n) is 6.31. The van der Waals surface area contributed by atoms with Gasteiger partial charge < -0.3 is 20.8 Å². The number of hydrogen-bond donors (Lipinski definition) is 4. The van der Waals surface area contributed by atoms with Crippen LogP contribution in [0.1, 0.15) is 6.42 Å². The maximum absolute atomic E-state index is 11.7. The number of amides is 2. The third-order valence-corrected chi connectivity index (χ3v) is 2.47. The van der Waals surface area contributed by atoms with E-state index >= 15 is 0 Å². The Morgan fingerprint density at radius 3 is 1.96 bits per heavy atom. The van der Waals surface area contributed by atoms with Crippen LogP contribution in [0.3, 0.4) is 0 Å². The SMILES string of the molecule is C=C(CC(=O)O)C(=O)Nc1ccc(NC(=O)/C=C\C(=O)O)cc1. The molecule has 120 valence electrons. The lowest BCUT2D eigenvalue weighted by molar-refractivity contribution is -0.137. The molecule has 0 saturated heterocycles. The van der Waals surface area contributed by atoms with Crippen molar-refractivity contribution >= 4 is 35.1 Å². The second-order valence-corrected chi connectivity index (χ2v) is 4.37. The lowest BCUT2D eigenvalue weighted by Crippen LogP contribution is -2.16. The van der Waals surface area contributed by atoms with Crippen molar-refractivity contribution in [3.63, 3.8) is 0 Å². The van der Waals surface area contributed by atoms with Crippen molar-refractivity contribution in [2.45, 2.75) is 6.42 Å². The minimum Gasteiger partial charge on any atom is -0.481 e. The molecule has 1 aromatic carbocycles. The minimum absolute atomic E-state index is 0.0892. The van der Waals surface area contributed by atoms with E-state index in [0.717, 1.165) is 6.08 Å². The van der Waals surface area contributed by atoms with Crippen molar-refractivity contribution in [1.29, 1.82) is 0 Å². The number of nitrogens with one attached hydrogen (secondary N) is 2. The topological polar surface area (TPSA) is 133 Å². The Hall–Kier alpha value is -3.42. The van der Waals surface area contributed by atoms with Gasteiger partial charge in [-0.2, -0.15) is 0 Å². The zero-order valence-corrected chi connectivity index (χ0v) is 11.9. The van der Waals surface area contributed by atoms with E-state index in [1.54, 1.807) is 0 Å². The lowest BCUT2D eigenvalue weighted by Gasteiger charge is -2.07. The highest BCUT2D eigenvalue weighted by Gasteiger charge is 2.11. The average molecular weight is 318 g/mol. The summed E-state index contributed by atoms with van der Waals surface area (Å²) in [5.41, 5.74) is 0.696. The lowest BCUT2D eigenvalue weighted by atomic mass is 10.2. The number of anilines is 2. The molecule has 4 N–H and O–H groups in total. The molecule has 8 heteroatoms. The second-order valence-electron chi connectivity index (χ2n) is 4.37. The van der Waals surface area contributed by atoms with Crippen LogP contribution in [-0.2, 0) is 19.2 Å². The quantitative estimate of drug-likeness (QED) is 0.559. The highest BCUT2D eigenvalue weighted by molar-refractivity contribution is 6.06. The van der Waals surface area contributed by atoms with Crippen LogP contribution >= 0.6 is 0 Å². The van der Waals surface area contributed by atoms with E-state index in [0.29, 0.717) is 17.5 Å². The Kier molecular flexibility index (Phi) is 6.23. The summed E-state index contributed by atoms with van der Waals surface area (Å²) in [6.07, 6.45) is 1.11. The molecule has 0 heterocycles. The highest BCUT2D eigenvalue weighted by Crippen LogP contribution is 2.14. The zero-order chi connectivity index (χ0) is 17.4. The van der Waals surface area contributed by atoms with Crippen LogP contribution in [-0.4, -0.2) is 34.0 Å². The number of aliphatic carboxylic acids is 2. The Morgan fingerprint density at radius 1 is 0.957 bits per heavy atom. The van der Waals surface area contributed by atoms with Gasteiger partial charge in [0.15, 0.2) is 0 Å². The van der Waals surface area contributed by atoms with Crippen LogP contribution in [0.15, 0.2) is 48.6 Å². The molecule has 0 unspecified atom stereocenters. The molecule has 0 aliphatic heterocycles. The summed E-state index contributed by atoms with van der Waals surface area (Å²) in [6.45, 7) is 3.38. The van der Waals surface area contributed by atoms with Gasteiger partial charge in [-0.1, -0.05) is 6.58 Å². The average Bonchev–Trinajstić information content (AvgIpc) is 2.46. The zero-order valence-electron chi connectivity index (χ0n) is 11.9. The van der Waals surface area contributed by atoms with E-state index in [4.69, 9.17) is 10.2 Å². The number of hydrogen-bond acceptors (Lipinski definition) is 4. The van der Waals surface area contributed by atoms with Gasteiger partial charge in [0.05, 0.1) is 6.42 Å². The summed E-state index contributed by atoms with van der Waals surface area (Å²) < 4.78 is 0. The molecule has 0 fully saturated rings. The molecule has 23 heavy (non-hydrogen) atoms. The monoisotopic (exact) mass is 318 g/mol. The van der Waals surface area contributed by atoms with Gasteiger partial charge in [0.2, 0.25) is 5.91 Å². The predicted octanol–water partition coefficient (Wildman–Crippen LogP) is 1.24. The number of rotatable bonds is 7. The largest absolute Gasteiger partial charge is 0.481 e. The van der Waals surface area contributed by atoms with Crippen LogP contribution in [0.2, 0.25) is 0 Å². The van der Waals surface area contributed by atoms with Gasteiger partial charge in [0.1, 0.15) is 0 Å². The molecule has 0 saturated carbocycles. The number of carboxylic acids is 2. The summed E-state index contributed by atoms with van der Waals surface area (Å²) >= 11 is 0. The molecule has 0 atom stereocenters. The number of carbonyl (C=O) groups is 4. The molecule has 1 rings (SSSR count). The van der Waals surface area contributed by atoms with Gasteiger partial charge in [0, 0.05) is 29.1 Å². The molecule has 8 nitrogen and oxygen atoms in total. The Labute approximate surface area is 131 Å². The summed E-state index contributed by atoms with van der Waals surface area (Å²) in [6, 6.07) is 5.95. The van der Waals surface area contributed by atoms with Gasteiger partial charge >= 0.3 is 11.9 Å². The van der Waals surface area contributed by atoms with Gasteiger partial charge in [-0.05, 0) is 24.3 Å². The standard InChI is InChI=1S/C15H14N2O6/c1-9(8-14(21)22)15(23)17-11-4-2-10(3-5-11)16-12(18)6-7-13(19)20/h2-7H,1,8H2,(H,16,18)(H,17,23)(H,19,20)(H,21,22)/b7-6-. The van der Waals surface area contributed by atoms with E-state index in [1.807, 2.05) is 0 Å². The Bertz CT molecular complexity index is 676. The van der Waals surface area contributed by atoms with Crippen LogP contribution in [0.4, 0.5) is 11.4 Å². The third kappa shape index (κ3) is 6.71. The molecule has 2 amide bonds. The molecular formula is C15H14N2O6. The summed E-state index contributed by atoms with van der Waals surface area (Å²) in [7, 11) is 0.